The van der Waals surface area contributed by atoms with Crippen LogP contribution in [0.2, 0.25) is 0 Å². The van der Waals surface area contributed by atoms with E-state index in [2.05, 4.69) is 64.8 Å². The molecule has 0 N–H and O–H groups in total. The molecule has 0 saturated carbocycles. The number of hydrogen-bond acceptors (Lipinski definition) is 3. The molecule has 1 fully saturated rings. The summed E-state index contributed by atoms with van der Waals surface area (Å²) in [5.41, 5.74) is 0.314. The predicted octanol–water partition coefficient (Wildman–Crippen LogP) is 2.98. The molecule has 1 rings (SSSR count). The zero-order valence-corrected chi connectivity index (χ0v) is 17.2. The van der Waals surface area contributed by atoms with E-state index >= 15 is 0 Å². The van der Waals surface area contributed by atoms with Crippen LogP contribution >= 0.6 is 0 Å². The van der Waals surface area contributed by atoms with Crippen molar-refractivity contribution in [3.8, 4) is 0 Å². The fourth-order valence-corrected chi connectivity index (χ4v) is 12.5. The van der Waals surface area contributed by atoms with Gasteiger partial charge in [0.05, 0.1) is 0 Å². The van der Waals surface area contributed by atoms with Gasteiger partial charge in [-0.3, -0.25) is 0 Å². The molecule has 1 heterocycles. The van der Waals surface area contributed by atoms with Gasteiger partial charge in [-0.1, -0.05) is 0 Å². The van der Waals surface area contributed by atoms with Gasteiger partial charge in [-0.05, 0) is 0 Å². The molecule has 1 aliphatic heterocycles. The second kappa shape index (κ2) is 7.10. The molecule has 19 heavy (non-hydrogen) atoms. The van der Waals surface area contributed by atoms with Gasteiger partial charge in [0.15, 0.2) is 0 Å². The summed E-state index contributed by atoms with van der Waals surface area (Å²) in [4.78, 5) is 0. The summed E-state index contributed by atoms with van der Waals surface area (Å²) in [6.45, 7) is 23.8. The van der Waals surface area contributed by atoms with Gasteiger partial charge in [0.25, 0.3) is 0 Å². The molecule has 0 amide bonds. The number of rotatable bonds is 6. The standard InChI is InChI=1S/C9H20N2.C6H14N.Sn/c1-8(2)5-10-7-11-6-9(3)4;1-5-7-6(2,3)4;/h8-9H,5-7H2,1-4H3;5H2,1-4H3;/q-2;-1;+3. The first-order valence-electron chi connectivity index (χ1n) is 7.81. The third-order valence-electron chi connectivity index (χ3n) is 3.45. The molecule has 1 saturated heterocycles. The van der Waals surface area contributed by atoms with Crippen LogP contribution in [-0.2, 0) is 0 Å². The minimum absolute atomic E-state index is 0.314. The van der Waals surface area contributed by atoms with E-state index in [1.165, 1.54) is 26.3 Å². The topological polar surface area (TPSA) is 9.72 Å². The summed E-state index contributed by atoms with van der Waals surface area (Å²) in [7, 11) is 0. The maximum atomic E-state index is 2.82. The summed E-state index contributed by atoms with van der Waals surface area (Å²) < 4.78 is 8.47. The molecule has 0 unspecified atom stereocenters. The normalized spacial score (nSPS) is 19.7. The van der Waals surface area contributed by atoms with Crippen LogP contribution in [-0.4, -0.2) is 61.8 Å². The zero-order valence-electron chi connectivity index (χ0n) is 14.3. The Kier molecular flexibility index (Phi) is 6.62. The average Bonchev–Trinajstić information content (AvgIpc) is 2.21. The van der Waals surface area contributed by atoms with Gasteiger partial charge in [-0.25, -0.2) is 0 Å². The number of hydrogen-bond donors (Lipinski definition) is 0. The Balaban J connectivity index is 2.78. The zero-order chi connectivity index (χ0) is 14.8. The molecule has 0 bridgehead atoms. The van der Waals surface area contributed by atoms with E-state index in [1.807, 2.05) is 0 Å². The van der Waals surface area contributed by atoms with Crippen molar-refractivity contribution in [2.45, 2.75) is 60.9 Å². The Morgan fingerprint density at radius 3 is 1.68 bits per heavy atom. The molecular formula is C15H34N3Sn. The van der Waals surface area contributed by atoms with Gasteiger partial charge in [-0.15, -0.1) is 0 Å². The van der Waals surface area contributed by atoms with Crippen molar-refractivity contribution >= 4 is 20.6 Å². The molecule has 3 nitrogen and oxygen atoms in total. The third kappa shape index (κ3) is 4.87. The van der Waals surface area contributed by atoms with E-state index in [9.17, 15) is 0 Å². The first-order valence-corrected chi connectivity index (χ1v) is 11.6. The van der Waals surface area contributed by atoms with Crippen molar-refractivity contribution in [1.82, 2.24) is 9.36 Å². The minimum atomic E-state index is -1.74. The molecule has 1 aliphatic rings. The van der Waals surface area contributed by atoms with E-state index in [-0.39, 0.29) is 0 Å². The van der Waals surface area contributed by atoms with E-state index in [0.717, 1.165) is 11.8 Å². The van der Waals surface area contributed by atoms with E-state index in [0.29, 0.717) is 5.54 Å². The SMILES string of the molecule is CC[N]([Sn]1[N](CC(C)C)C[N]1CC(C)C)C(C)(C)C. The van der Waals surface area contributed by atoms with Crippen LogP contribution < -0.4 is 0 Å². The van der Waals surface area contributed by atoms with Crippen LogP contribution in [0, 0.1) is 11.8 Å². The van der Waals surface area contributed by atoms with Gasteiger partial charge in [0.1, 0.15) is 0 Å². The van der Waals surface area contributed by atoms with Crippen LogP contribution in [0.15, 0.2) is 0 Å². The average molecular weight is 375 g/mol. The van der Waals surface area contributed by atoms with E-state index < -0.39 is 20.6 Å². The van der Waals surface area contributed by atoms with E-state index in [4.69, 9.17) is 0 Å². The Hall–Kier alpha value is 0.679. The Morgan fingerprint density at radius 2 is 1.42 bits per heavy atom. The van der Waals surface area contributed by atoms with Crippen molar-refractivity contribution in [2.75, 3.05) is 26.3 Å². The van der Waals surface area contributed by atoms with Crippen LogP contribution in [0.5, 0.6) is 0 Å². The second-order valence-corrected chi connectivity index (χ2v) is 14.5. The van der Waals surface area contributed by atoms with Crippen molar-refractivity contribution in [2.24, 2.45) is 11.8 Å². The number of nitrogens with zero attached hydrogens (tertiary/aromatic N) is 3. The van der Waals surface area contributed by atoms with Crippen molar-refractivity contribution in [3.05, 3.63) is 0 Å². The van der Waals surface area contributed by atoms with Crippen molar-refractivity contribution < 1.29 is 0 Å². The Labute approximate surface area is 129 Å². The summed E-state index contributed by atoms with van der Waals surface area (Å²) in [5, 5.41) is 0. The van der Waals surface area contributed by atoms with Gasteiger partial charge in [0, 0.05) is 0 Å². The molecule has 0 aromatic rings. The molecule has 0 aliphatic carbocycles. The maximum absolute atomic E-state index is 2.82. The first-order chi connectivity index (χ1) is 8.66. The van der Waals surface area contributed by atoms with Gasteiger partial charge in [-0.2, -0.15) is 0 Å². The van der Waals surface area contributed by atoms with Crippen LogP contribution in [0.1, 0.15) is 55.4 Å². The van der Waals surface area contributed by atoms with Crippen molar-refractivity contribution in [3.63, 3.8) is 0 Å². The second-order valence-electron chi connectivity index (χ2n) is 7.59. The first kappa shape index (κ1) is 17.7. The molecule has 0 atom stereocenters. The Morgan fingerprint density at radius 1 is 1.00 bits per heavy atom. The molecule has 4 heteroatoms. The molecule has 0 spiro atoms. The van der Waals surface area contributed by atoms with Crippen LogP contribution in [0.25, 0.3) is 0 Å². The van der Waals surface area contributed by atoms with E-state index in [1.54, 1.807) is 0 Å². The molecule has 0 aromatic carbocycles. The van der Waals surface area contributed by atoms with Gasteiger partial charge >= 0.3 is 129 Å². The van der Waals surface area contributed by atoms with Crippen molar-refractivity contribution in [1.29, 1.82) is 0 Å². The monoisotopic (exact) mass is 376 g/mol. The summed E-state index contributed by atoms with van der Waals surface area (Å²) in [5.74, 6) is 1.57. The summed E-state index contributed by atoms with van der Waals surface area (Å²) in [6.07, 6.45) is 0. The summed E-state index contributed by atoms with van der Waals surface area (Å²) in [6, 6.07) is 0. The predicted molar refractivity (Wildman–Crippen MR) is 85.8 cm³/mol. The molecule has 1 radical (unpaired) electrons. The quantitative estimate of drug-likeness (QED) is 0.661. The van der Waals surface area contributed by atoms with Crippen LogP contribution in [0.3, 0.4) is 0 Å². The molecule has 0 aromatic heterocycles. The Bertz CT molecular complexity index is 257. The third-order valence-corrected chi connectivity index (χ3v) is 12.7. The fourth-order valence-electron chi connectivity index (χ4n) is 2.87. The fraction of sp³-hybridized carbons (Fsp3) is 1.00. The van der Waals surface area contributed by atoms with Crippen LogP contribution in [0.4, 0.5) is 0 Å². The van der Waals surface area contributed by atoms with Gasteiger partial charge in [0.2, 0.25) is 0 Å². The molecular weight excluding hydrogens is 341 g/mol. The molecule has 113 valence electrons. The summed E-state index contributed by atoms with van der Waals surface area (Å²) >= 11 is -1.74. The van der Waals surface area contributed by atoms with Gasteiger partial charge < -0.3 is 0 Å².